The largest absolute Gasteiger partial charge is 0.356 e. The second-order valence-electron chi connectivity index (χ2n) is 2.28. The van der Waals surface area contributed by atoms with Gasteiger partial charge >= 0.3 is 0 Å². The normalized spacial score (nSPS) is 8.83. The van der Waals surface area contributed by atoms with Gasteiger partial charge in [0.2, 0.25) is 11.9 Å². The van der Waals surface area contributed by atoms with Crippen LogP contribution in [0.15, 0.2) is 0 Å². The molecule has 70 valence electrons. The Hall–Kier alpha value is -1.30. The Morgan fingerprint density at radius 1 is 1.42 bits per heavy atom. The van der Waals surface area contributed by atoms with E-state index < -0.39 is 0 Å². The Bertz CT molecular complexity index is 158. The molecule has 0 aromatic heterocycles. The predicted octanol–water partition coefficient (Wildman–Crippen LogP) is -1.50. The molecule has 6 heteroatoms. The third kappa shape index (κ3) is 6.81. The van der Waals surface area contributed by atoms with E-state index in [0.717, 1.165) is 6.42 Å². The second-order valence-corrected chi connectivity index (χ2v) is 2.28. The number of carbonyl (C=O) groups is 1. The molecule has 0 aromatic rings. The summed E-state index contributed by atoms with van der Waals surface area (Å²) in [4.78, 5) is 10.4. The lowest BCUT2D eigenvalue weighted by atomic mass is 10.4. The molecule has 6 nitrogen and oxygen atoms in total. The van der Waals surface area contributed by atoms with Crippen LogP contribution in [0.25, 0.3) is 0 Å². The minimum Gasteiger partial charge on any atom is -0.356 e. The molecule has 0 unspecified atom stereocenters. The number of nitrogens with two attached hydrogens (primary N) is 1. The van der Waals surface area contributed by atoms with Gasteiger partial charge in [-0.1, -0.05) is 0 Å². The van der Waals surface area contributed by atoms with Crippen LogP contribution >= 0.6 is 0 Å². The van der Waals surface area contributed by atoms with E-state index in [9.17, 15) is 4.79 Å². The van der Waals surface area contributed by atoms with Crippen molar-refractivity contribution in [1.29, 1.82) is 5.41 Å². The molecular weight excluding hydrogens is 158 g/mol. The highest BCUT2D eigenvalue weighted by molar-refractivity contribution is 5.75. The Morgan fingerprint density at radius 2 is 2.00 bits per heavy atom. The smallest absolute Gasteiger partial charge is 0.216 e. The van der Waals surface area contributed by atoms with Crippen LogP contribution in [0.2, 0.25) is 0 Å². The van der Waals surface area contributed by atoms with E-state index in [2.05, 4.69) is 16.1 Å². The van der Waals surface area contributed by atoms with Crippen LogP contribution in [0, 0.1) is 5.41 Å². The molecule has 0 fully saturated rings. The minimum atomic E-state index is -0.0398. The molecule has 0 aliphatic rings. The molecular formula is C6H15N5O. The molecule has 12 heavy (non-hydrogen) atoms. The van der Waals surface area contributed by atoms with Crippen molar-refractivity contribution >= 4 is 11.9 Å². The third-order valence-electron chi connectivity index (χ3n) is 1.17. The average Bonchev–Trinajstić information content (AvgIpc) is 2.03. The van der Waals surface area contributed by atoms with Gasteiger partial charge in [-0.15, -0.1) is 0 Å². The highest BCUT2D eigenvalue weighted by Crippen LogP contribution is 1.72. The number of carbonyl (C=O) groups excluding carboxylic acids is 1. The molecule has 0 radical (unpaired) electrons. The van der Waals surface area contributed by atoms with Gasteiger partial charge in [-0.05, 0) is 6.42 Å². The second kappa shape index (κ2) is 6.41. The number of amides is 1. The first-order chi connectivity index (χ1) is 5.66. The van der Waals surface area contributed by atoms with Gasteiger partial charge in [0.15, 0.2) is 0 Å². The molecule has 6 N–H and O–H groups in total. The van der Waals surface area contributed by atoms with Crippen molar-refractivity contribution in [3.05, 3.63) is 0 Å². The van der Waals surface area contributed by atoms with Crippen LogP contribution < -0.4 is 21.9 Å². The van der Waals surface area contributed by atoms with Gasteiger partial charge in [0.1, 0.15) is 0 Å². The molecule has 0 aliphatic carbocycles. The Morgan fingerprint density at radius 3 is 2.50 bits per heavy atom. The highest BCUT2D eigenvalue weighted by atomic mass is 16.1. The summed E-state index contributed by atoms with van der Waals surface area (Å²) in [7, 11) is 0. The number of hydrogen-bond acceptors (Lipinski definition) is 3. The maximum atomic E-state index is 10.4. The zero-order valence-electron chi connectivity index (χ0n) is 7.11. The molecule has 0 heterocycles. The molecule has 0 aromatic carbocycles. The maximum Gasteiger partial charge on any atom is 0.216 e. The number of nitrogens with one attached hydrogen (secondary N) is 4. The Labute approximate surface area is 71.4 Å². The van der Waals surface area contributed by atoms with Crippen LogP contribution in [-0.2, 0) is 4.79 Å². The molecule has 0 atom stereocenters. The summed E-state index contributed by atoms with van der Waals surface area (Å²) in [5, 5.41) is 12.4. The van der Waals surface area contributed by atoms with E-state index in [0.29, 0.717) is 13.1 Å². The predicted molar refractivity (Wildman–Crippen MR) is 46.4 cm³/mol. The molecule has 1 amide bonds. The Kier molecular flexibility index (Phi) is 5.72. The zero-order valence-corrected chi connectivity index (χ0v) is 7.11. The minimum absolute atomic E-state index is 0.0398. The van der Waals surface area contributed by atoms with E-state index in [1.807, 2.05) is 0 Å². The fourth-order valence-corrected chi connectivity index (χ4v) is 0.617. The first-order valence-electron chi connectivity index (χ1n) is 3.70. The van der Waals surface area contributed by atoms with Gasteiger partial charge < -0.3 is 10.6 Å². The van der Waals surface area contributed by atoms with Gasteiger partial charge in [-0.25, -0.2) is 5.84 Å². The van der Waals surface area contributed by atoms with Crippen molar-refractivity contribution in [2.45, 2.75) is 13.3 Å². The van der Waals surface area contributed by atoms with Crippen molar-refractivity contribution in [3.63, 3.8) is 0 Å². The molecule has 0 aliphatic heterocycles. The van der Waals surface area contributed by atoms with Crippen molar-refractivity contribution in [2.75, 3.05) is 13.1 Å². The van der Waals surface area contributed by atoms with Gasteiger partial charge in [-0.2, -0.15) is 0 Å². The maximum absolute atomic E-state index is 10.4. The fourth-order valence-electron chi connectivity index (χ4n) is 0.617. The van der Waals surface area contributed by atoms with Crippen molar-refractivity contribution < 1.29 is 4.79 Å². The van der Waals surface area contributed by atoms with Crippen LogP contribution in [0.4, 0.5) is 0 Å². The quantitative estimate of drug-likeness (QED) is 0.117. The summed E-state index contributed by atoms with van der Waals surface area (Å²) in [6.07, 6.45) is 0.768. The van der Waals surface area contributed by atoms with Gasteiger partial charge in [-0.3, -0.25) is 15.6 Å². The molecule has 0 saturated heterocycles. The van der Waals surface area contributed by atoms with Gasteiger partial charge in [0, 0.05) is 20.0 Å². The molecule has 0 rings (SSSR count). The van der Waals surface area contributed by atoms with Crippen LogP contribution in [-0.4, -0.2) is 25.0 Å². The topological polar surface area (TPSA) is 103 Å². The highest BCUT2D eigenvalue weighted by Gasteiger charge is 1.92. The van der Waals surface area contributed by atoms with E-state index in [-0.39, 0.29) is 11.9 Å². The number of hydrogen-bond donors (Lipinski definition) is 5. The van der Waals surface area contributed by atoms with Crippen molar-refractivity contribution in [3.8, 4) is 0 Å². The number of guanidine groups is 1. The van der Waals surface area contributed by atoms with Gasteiger partial charge in [0.25, 0.3) is 0 Å². The Balaban J connectivity index is 3.11. The lowest BCUT2D eigenvalue weighted by Crippen LogP contribution is -2.41. The summed E-state index contributed by atoms with van der Waals surface area (Å²) in [5.41, 5.74) is 2.15. The summed E-state index contributed by atoms with van der Waals surface area (Å²) in [6, 6.07) is 0. The van der Waals surface area contributed by atoms with E-state index in [1.165, 1.54) is 6.92 Å². The molecule has 0 bridgehead atoms. The van der Waals surface area contributed by atoms with Crippen LogP contribution in [0.5, 0.6) is 0 Å². The number of rotatable bonds is 4. The van der Waals surface area contributed by atoms with Crippen molar-refractivity contribution in [1.82, 2.24) is 16.1 Å². The molecule has 0 spiro atoms. The summed E-state index contributed by atoms with van der Waals surface area (Å²) in [5.74, 6) is 4.97. The lowest BCUT2D eigenvalue weighted by molar-refractivity contribution is -0.118. The average molecular weight is 173 g/mol. The zero-order chi connectivity index (χ0) is 9.40. The summed E-state index contributed by atoms with van der Waals surface area (Å²) in [6.45, 7) is 2.69. The van der Waals surface area contributed by atoms with Crippen LogP contribution in [0.1, 0.15) is 13.3 Å². The third-order valence-corrected chi connectivity index (χ3v) is 1.17. The first-order valence-corrected chi connectivity index (χ1v) is 3.70. The lowest BCUT2D eigenvalue weighted by Gasteiger charge is -2.06. The molecule has 0 saturated carbocycles. The summed E-state index contributed by atoms with van der Waals surface area (Å²) >= 11 is 0. The van der Waals surface area contributed by atoms with Crippen LogP contribution in [0.3, 0.4) is 0 Å². The summed E-state index contributed by atoms with van der Waals surface area (Å²) < 4.78 is 0. The SMILES string of the molecule is CC(=O)NCCCNC(=N)NN. The van der Waals surface area contributed by atoms with E-state index in [1.54, 1.807) is 0 Å². The first kappa shape index (κ1) is 10.7. The fraction of sp³-hybridized carbons (Fsp3) is 0.667. The van der Waals surface area contributed by atoms with Gasteiger partial charge in [0.05, 0.1) is 0 Å². The van der Waals surface area contributed by atoms with E-state index >= 15 is 0 Å². The van der Waals surface area contributed by atoms with Crippen molar-refractivity contribution in [2.24, 2.45) is 5.84 Å². The van der Waals surface area contributed by atoms with E-state index in [4.69, 9.17) is 11.3 Å². The number of hydrazine groups is 1. The monoisotopic (exact) mass is 173 g/mol. The standard InChI is InChI=1S/C6H15N5O/c1-5(12)9-3-2-4-10-6(7)11-8/h2-4,8H2,1H3,(H,9,12)(H3,7,10,11).